The van der Waals surface area contributed by atoms with Gasteiger partial charge in [-0.15, -0.1) is 0 Å². The Hall–Kier alpha value is -2.69. The fraction of sp³-hybridized carbons (Fsp3) is 0.400. The van der Waals surface area contributed by atoms with E-state index in [9.17, 15) is 17.8 Å². The molecule has 1 atom stereocenters. The predicted octanol–water partition coefficient (Wildman–Crippen LogP) is 2.24. The average Bonchev–Trinajstić information content (AvgIpc) is 3.36. The Balaban J connectivity index is 1.68. The van der Waals surface area contributed by atoms with Gasteiger partial charge in [0.1, 0.15) is 0 Å². The van der Waals surface area contributed by atoms with Crippen LogP contribution in [-0.4, -0.2) is 52.5 Å². The summed E-state index contributed by atoms with van der Waals surface area (Å²) in [5.41, 5.74) is 3.95. The quantitative estimate of drug-likeness (QED) is 0.424. The summed E-state index contributed by atoms with van der Waals surface area (Å²) < 4.78 is 32.3. The number of aryl methyl sites for hydroxylation is 1. The molecule has 9 nitrogen and oxygen atoms in total. The van der Waals surface area contributed by atoms with Crippen molar-refractivity contribution in [3.05, 3.63) is 47.4 Å². The number of nitrogens with one attached hydrogen (secondary N) is 3. The number of aromatic nitrogens is 3. The van der Waals surface area contributed by atoms with Crippen LogP contribution in [0.3, 0.4) is 0 Å². The van der Waals surface area contributed by atoms with Gasteiger partial charge in [0.2, 0.25) is 0 Å². The van der Waals surface area contributed by atoms with Crippen LogP contribution in [0.25, 0.3) is 10.9 Å². The summed E-state index contributed by atoms with van der Waals surface area (Å²) in [6, 6.07) is 5.71. The zero-order chi connectivity index (χ0) is 21.3. The lowest BCUT2D eigenvalue weighted by atomic mass is 9.91. The van der Waals surface area contributed by atoms with Gasteiger partial charge < -0.3 is 10.3 Å². The lowest BCUT2D eigenvalue weighted by molar-refractivity contribution is 0.0990. The van der Waals surface area contributed by atoms with E-state index in [1.165, 1.54) is 23.7 Å². The number of H-pyrrole nitrogens is 2. The van der Waals surface area contributed by atoms with E-state index in [1.54, 1.807) is 12.1 Å². The molecular weight excluding hydrogens is 406 g/mol. The maximum absolute atomic E-state index is 13.1. The second-order valence-electron chi connectivity index (χ2n) is 7.64. The fourth-order valence-electron chi connectivity index (χ4n) is 4.03. The third kappa shape index (κ3) is 4.25. The van der Waals surface area contributed by atoms with E-state index in [4.69, 9.17) is 0 Å². The van der Waals surface area contributed by atoms with Gasteiger partial charge in [-0.2, -0.15) is 13.5 Å². The normalized spacial score (nSPS) is 16.5. The highest BCUT2D eigenvalue weighted by Crippen LogP contribution is 2.30. The highest BCUT2D eigenvalue weighted by atomic mass is 32.2. The van der Waals surface area contributed by atoms with Crippen LogP contribution in [0.1, 0.15) is 41.4 Å². The number of carbonyl (C=O) groups is 1. The molecule has 1 aromatic carbocycles. The van der Waals surface area contributed by atoms with Crippen molar-refractivity contribution in [3.8, 4) is 0 Å². The molecular formula is C20H25N5O4S. The number of amides is 1. The molecule has 2 aromatic heterocycles. The second-order valence-corrected chi connectivity index (χ2v) is 9.06. The number of hydrogen-bond acceptors (Lipinski definition) is 5. The molecule has 2 heterocycles. The van der Waals surface area contributed by atoms with E-state index >= 15 is 0 Å². The Bertz CT molecular complexity index is 1150. The lowest BCUT2D eigenvalue weighted by Crippen LogP contribution is -2.35. The van der Waals surface area contributed by atoms with Crippen molar-refractivity contribution in [1.82, 2.24) is 20.5 Å². The van der Waals surface area contributed by atoms with Crippen LogP contribution in [0, 0.1) is 0 Å². The molecule has 3 aromatic rings. The van der Waals surface area contributed by atoms with Crippen LogP contribution >= 0.6 is 0 Å². The minimum atomic E-state index is -4.42. The Morgan fingerprint density at radius 1 is 1.40 bits per heavy atom. The summed E-state index contributed by atoms with van der Waals surface area (Å²) in [5, 5.41) is 10.9. The number of benzene rings is 1. The third-order valence-corrected chi connectivity index (χ3v) is 6.04. The molecule has 1 amide bonds. The molecule has 1 unspecified atom stereocenters. The largest absolute Gasteiger partial charge is 0.358 e. The SMILES string of the molecule is CCCNC1CCc2[nH]c3ccc(C(=O)N(CS(=O)(=O)O)c4cn[nH]c4)cc3c2C1. The van der Waals surface area contributed by atoms with Crippen molar-refractivity contribution >= 4 is 32.6 Å². The van der Waals surface area contributed by atoms with Crippen molar-refractivity contribution in [2.45, 2.75) is 38.6 Å². The molecule has 4 N–H and O–H groups in total. The first-order valence-corrected chi connectivity index (χ1v) is 11.6. The van der Waals surface area contributed by atoms with Gasteiger partial charge in [0.15, 0.2) is 5.88 Å². The summed E-state index contributed by atoms with van der Waals surface area (Å²) >= 11 is 0. The molecule has 0 saturated heterocycles. The van der Waals surface area contributed by atoms with Gasteiger partial charge in [0.05, 0.1) is 11.9 Å². The minimum Gasteiger partial charge on any atom is -0.358 e. The number of hydrogen-bond donors (Lipinski definition) is 4. The molecule has 0 fully saturated rings. The number of fused-ring (bicyclic) bond motifs is 3. The molecule has 160 valence electrons. The minimum absolute atomic E-state index is 0.262. The highest BCUT2D eigenvalue weighted by Gasteiger charge is 2.26. The van der Waals surface area contributed by atoms with Crippen molar-refractivity contribution in [2.24, 2.45) is 0 Å². The van der Waals surface area contributed by atoms with E-state index in [0.717, 1.165) is 48.0 Å². The van der Waals surface area contributed by atoms with Crippen molar-refractivity contribution in [1.29, 1.82) is 0 Å². The fourth-order valence-corrected chi connectivity index (χ4v) is 4.63. The first-order valence-electron chi connectivity index (χ1n) is 9.98. The topological polar surface area (TPSA) is 131 Å². The van der Waals surface area contributed by atoms with E-state index in [-0.39, 0.29) is 5.69 Å². The summed E-state index contributed by atoms with van der Waals surface area (Å²) in [6.07, 6.45) is 6.71. The number of carbonyl (C=O) groups excluding carboxylic acids is 1. The third-order valence-electron chi connectivity index (χ3n) is 5.45. The first-order chi connectivity index (χ1) is 14.4. The molecule has 0 aliphatic heterocycles. The van der Waals surface area contributed by atoms with Gasteiger partial charge in [0.25, 0.3) is 16.0 Å². The Labute approximate surface area is 174 Å². The van der Waals surface area contributed by atoms with Crippen LogP contribution in [0.2, 0.25) is 0 Å². The van der Waals surface area contributed by atoms with Crippen LogP contribution < -0.4 is 10.2 Å². The Morgan fingerprint density at radius 3 is 2.93 bits per heavy atom. The number of anilines is 1. The second kappa shape index (κ2) is 8.21. The van der Waals surface area contributed by atoms with Crippen LogP contribution in [0.5, 0.6) is 0 Å². The van der Waals surface area contributed by atoms with Crippen molar-refractivity contribution in [3.63, 3.8) is 0 Å². The van der Waals surface area contributed by atoms with Crippen LogP contribution in [-0.2, 0) is 23.0 Å². The molecule has 0 radical (unpaired) electrons. The number of rotatable bonds is 7. The summed E-state index contributed by atoms with van der Waals surface area (Å²) in [4.78, 5) is 17.6. The molecule has 30 heavy (non-hydrogen) atoms. The first kappa shape index (κ1) is 20.6. The molecule has 1 aliphatic carbocycles. The highest BCUT2D eigenvalue weighted by molar-refractivity contribution is 7.85. The van der Waals surface area contributed by atoms with Gasteiger partial charge in [-0.25, -0.2) is 0 Å². The van der Waals surface area contributed by atoms with Gasteiger partial charge in [-0.05, 0) is 56.0 Å². The van der Waals surface area contributed by atoms with Gasteiger partial charge in [0, 0.05) is 34.4 Å². The maximum atomic E-state index is 13.1. The van der Waals surface area contributed by atoms with Crippen LogP contribution in [0.15, 0.2) is 30.6 Å². The summed E-state index contributed by atoms with van der Waals surface area (Å²) in [6.45, 7) is 3.12. The molecule has 4 rings (SSSR count). The summed E-state index contributed by atoms with van der Waals surface area (Å²) in [7, 11) is -4.42. The van der Waals surface area contributed by atoms with Crippen LogP contribution in [0.4, 0.5) is 5.69 Å². The average molecular weight is 432 g/mol. The smallest absolute Gasteiger partial charge is 0.283 e. The molecule has 1 aliphatic rings. The molecule has 0 spiro atoms. The van der Waals surface area contributed by atoms with E-state index in [2.05, 4.69) is 27.4 Å². The van der Waals surface area contributed by atoms with Crippen molar-refractivity contribution < 1.29 is 17.8 Å². The zero-order valence-electron chi connectivity index (χ0n) is 16.7. The summed E-state index contributed by atoms with van der Waals surface area (Å²) in [5.74, 6) is -1.38. The number of aromatic amines is 2. The van der Waals surface area contributed by atoms with Gasteiger partial charge in [-0.1, -0.05) is 6.92 Å². The molecule has 0 bridgehead atoms. The standard InChI is InChI=1S/C20H25N5O4S/c1-2-7-21-14-4-6-19-17(9-14)16-8-13(3-5-18(16)24-19)20(26)25(12-30(27,28)29)15-10-22-23-11-15/h3,5,8,10-11,14,21,24H,2,4,6-7,9,12H2,1H3,(H,22,23)(H,27,28,29). The number of nitrogens with zero attached hydrogens (tertiary/aromatic N) is 2. The monoisotopic (exact) mass is 431 g/mol. The zero-order valence-corrected chi connectivity index (χ0v) is 17.5. The Morgan fingerprint density at radius 2 is 2.23 bits per heavy atom. The predicted molar refractivity (Wildman–Crippen MR) is 114 cm³/mol. The molecule has 10 heteroatoms. The lowest BCUT2D eigenvalue weighted by Gasteiger charge is -2.23. The van der Waals surface area contributed by atoms with Gasteiger partial charge >= 0.3 is 0 Å². The van der Waals surface area contributed by atoms with Crippen molar-refractivity contribution in [2.75, 3.05) is 17.3 Å². The van der Waals surface area contributed by atoms with E-state index in [0.29, 0.717) is 11.6 Å². The van der Waals surface area contributed by atoms with E-state index in [1.807, 2.05) is 6.07 Å². The van der Waals surface area contributed by atoms with E-state index < -0.39 is 21.9 Å². The Kier molecular flexibility index (Phi) is 5.63. The maximum Gasteiger partial charge on any atom is 0.283 e. The van der Waals surface area contributed by atoms with Gasteiger partial charge in [-0.3, -0.25) is 19.3 Å². The molecule has 0 saturated carbocycles.